The minimum absolute atomic E-state index is 0.153. The normalized spacial score (nSPS) is 13.6. The lowest BCUT2D eigenvalue weighted by atomic mass is 9.98. The minimum atomic E-state index is -1.00. The topological polar surface area (TPSA) is 75.6 Å². The molecule has 0 radical (unpaired) electrons. The highest BCUT2D eigenvalue weighted by Crippen LogP contribution is 2.15. The molecule has 116 valence electrons. The number of hydrogen-bond acceptors (Lipinski definition) is 3. The number of ether oxygens (including phenoxy) is 1. The first-order valence-electron chi connectivity index (χ1n) is 7.01. The van der Waals surface area contributed by atoms with Gasteiger partial charge in [0.05, 0.1) is 7.11 Å². The Hall–Kier alpha value is -2.04. The number of carboxylic acid groups (broad SMARTS) is 1. The van der Waals surface area contributed by atoms with Gasteiger partial charge in [-0.25, -0.2) is 4.79 Å². The van der Waals surface area contributed by atoms with Crippen molar-refractivity contribution in [2.75, 3.05) is 7.11 Å². The fraction of sp³-hybridized carbons (Fsp3) is 0.500. The van der Waals surface area contributed by atoms with Crippen molar-refractivity contribution in [1.82, 2.24) is 5.32 Å². The Labute approximate surface area is 125 Å². The van der Waals surface area contributed by atoms with Gasteiger partial charge in [0, 0.05) is 5.92 Å². The summed E-state index contributed by atoms with van der Waals surface area (Å²) in [7, 11) is 1.60. The molecule has 1 rings (SSSR count). The zero-order valence-electron chi connectivity index (χ0n) is 12.9. The Morgan fingerprint density at radius 1 is 1.19 bits per heavy atom. The first-order valence-corrected chi connectivity index (χ1v) is 7.01. The van der Waals surface area contributed by atoms with Crippen molar-refractivity contribution in [2.45, 2.75) is 33.2 Å². The molecule has 0 saturated carbocycles. The van der Waals surface area contributed by atoms with Crippen LogP contribution in [0, 0.1) is 11.8 Å². The number of amides is 1. The average molecular weight is 293 g/mol. The molecule has 0 aliphatic heterocycles. The smallest absolute Gasteiger partial charge is 0.326 e. The Kier molecular flexibility index (Phi) is 6.21. The van der Waals surface area contributed by atoms with Gasteiger partial charge in [0.25, 0.3) is 0 Å². The summed E-state index contributed by atoms with van der Waals surface area (Å²) in [5.41, 5.74) is 1.01. The second-order valence-corrected chi connectivity index (χ2v) is 5.52. The summed E-state index contributed by atoms with van der Waals surface area (Å²) in [4.78, 5) is 23.2. The summed E-state index contributed by atoms with van der Waals surface area (Å²) in [6.45, 7) is 5.33. The highest BCUT2D eigenvalue weighted by Gasteiger charge is 2.25. The number of nitrogens with one attached hydrogen (secondary N) is 1. The van der Waals surface area contributed by atoms with Crippen molar-refractivity contribution in [1.29, 1.82) is 0 Å². The first kappa shape index (κ1) is 17.0. The van der Waals surface area contributed by atoms with E-state index in [1.54, 1.807) is 27.9 Å². The molecule has 5 nitrogen and oxygen atoms in total. The van der Waals surface area contributed by atoms with Gasteiger partial charge in [0.15, 0.2) is 0 Å². The summed E-state index contributed by atoms with van der Waals surface area (Å²) in [6, 6.07) is 6.64. The number of hydrogen-bond donors (Lipinski definition) is 2. The summed E-state index contributed by atoms with van der Waals surface area (Å²) >= 11 is 0. The highest BCUT2D eigenvalue weighted by molar-refractivity contribution is 5.85. The minimum Gasteiger partial charge on any atom is -0.497 e. The Morgan fingerprint density at radius 2 is 1.76 bits per heavy atom. The Morgan fingerprint density at radius 3 is 2.19 bits per heavy atom. The van der Waals surface area contributed by atoms with Crippen molar-refractivity contribution < 1.29 is 19.4 Å². The van der Waals surface area contributed by atoms with Gasteiger partial charge >= 0.3 is 5.97 Å². The second-order valence-electron chi connectivity index (χ2n) is 5.52. The maximum absolute atomic E-state index is 12.1. The van der Waals surface area contributed by atoms with Crippen molar-refractivity contribution in [3.63, 3.8) is 0 Å². The van der Waals surface area contributed by atoms with Gasteiger partial charge in [-0.2, -0.15) is 0 Å². The van der Waals surface area contributed by atoms with Gasteiger partial charge in [-0.05, 0) is 30.0 Å². The summed E-state index contributed by atoms with van der Waals surface area (Å²) in [5, 5.41) is 11.7. The molecule has 0 aliphatic rings. The molecule has 1 amide bonds. The van der Waals surface area contributed by atoms with E-state index < -0.39 is 12.0 Å². The zero-order chi connectivity index (χ0) is 16.0. The molecule has 0 aromatic heterocycles. The van der Waals surface area contributed by atoms with Gasteiger partial charge in [-0.1, -0.05) is 32.9 Å². The zero-order valence-corrected chi connectivity index (χ0v) is 12.9. The number of methoxy groups -OCH3 is 1. The number of rotatable bonds is 7. The molecular formula is C16H23NO4. The van der Waals surface area contributed by atoms with Crippen LogP contribution < -0.4 is 10.1 Å². The maximum Gasteiger partial charge on any atom is 0.326 e. The van der Waals surface area contributed by atoms with Crippen LogP contribution in [0.15, 0.2) is 24.3 Å². The van der Waals surface area contributed by atoms with Crippen LogP contribution in [0.4, 0.5) is 0 Å². The van der Waals surface area contributed by atoms with Crippen LogP contribution in [0.25, 0.3) is 0 Å². The molecule has 21 heavy (non-hydrogen) atoms. The van der Waals surface area contributed by atoms with E-state index in [0.29, 0.717) is 6.42 Å². The summed E-state index contributed by atoms with van der Waals surface area (Å²) in [6.07, 6.45) is 0.556. The third-order valence-electron chi connectivity index (χ3n) is 3.38. The predicted octanol–water partition coefficient (Wildman–Crippen LogP) is 2.10. The lowest BCUT2D eigenvalue weighted by molar-refractivity contribution is -0.143. The number of benzene rings is 1. The van der Waals surface area contributed by atoms with Crippen LogP contribution in [0.3, 0.4) is 0 Å². The van der Waals surface area contributed by atoms with Gasteiger partial charge in [0.1, 0.15) is 11.8 Å². The molecule has 1 unspecified atom stereocenters. The Balaban J connectivity index is 2.63. The summed E-state index contributed by atoms with van der Waals surface area (Å²) in [5.74, 6) is -0.929. The second kappa shape index (κ2) is 7.67. The summed E-state index contributed by atoms with van der Waals surface area (Å²) < 4.78 is 5.08. The third-order valence-corrected chi connectivity index (χ3v) is 3.38. The molecule has 0 heterocycles. The van der Waals surface area contributed by atoms with E-state index in [2.05, 4.69) is 5.32 Å². The molecule has 5 heteroatoms. The molecule has 2 N–H and O–H groups in total. The first-order chi connectivity index (χ1) is 9.85. The number of carbonyl (C=O) groups is 2. The third kappa shape index (κ3) is 5.10. The maximum atomic E-state index is 12.1. The number of carboxylic acids is 1. The predicted molar refractivity (Wildman–Crippen MR) is 80.3 cm³/mol. The quantitative estimate of drug-likeness (QED) is 0.807. The Bertz CT molecular complexity index is 482. The average Bonchev–Trinajstić information content (AvgIpc) is 2.44. The number of carbonyl (C=O) groups excluding carboxylic acids is 1. The van der Waals surface area contributed by atoms with Crippen LogP contribution in [0.2, 0.25) is 0 Å². The van der Waals surface area contributed by atoms with Crippen LogP contribution in [-0.2, 0) is 16.0 Å². The van der Waals surface area contributed by atoms with E-state index in [0.717, 1.165) is 11.3 Å². The molecule has 0 fully saturated rings. The van der Waals surface area contributed by atoms with E-state index in [1.165, 1.54) is 0 Å². The number of aliphatic carboxylic acids is 1. The standard InChI is InChI=1S/C16H23NO4/c1-10(2)14(16(19)20)17-15(18)11(3)9-12-5-7-13(21-4)8-6-12/h5-8,10-11,14H,9H2,1-4H3,(H,17,18)(H,19,20)/t11?,14-/m0/s1. The van der Waals surface area contributed by atoms with Crippen LogP contribution in [0.5, 0.6) is 5.75 Å². The lowest BCUT2D eigenvalue weighted by Crippen LogP contribution is -2.46. The molecule has 0 saturated heterocycles. The van der Waals surface area contributed by atoms with Crippen LogP contribution >= 0.6 is 0 Å². The van der Waals surface area contributed by atoms with Crippen LogP contribution in [0.1, 0.15) is 26.3 Å². The van der Waals surface area contributed by atoms with Crippen molar-refractivity contribution >= 4 is 11.9 Å². The van der Waals surface area contributed by atoms with Gasteiger partial charge in [-0.15, -0.1) is 0 Å². The fourth-order valence-electron chi connectivity index (χ4n) is 2.02. The largest absolute Gasteiger partial charge is 0.497 e. The molecule has 2 atom stereocenters. The van der Waals surface area contributed by atoms with Gasteiger partial charge < -0.3 is 15.2 Å². The molecule has 0 bridgehead atoms. The fourth-order valence-corrected chi connectivity index (χ4v) is 2.02. The SMILES string of the molecule is COc1ccc(CC(C)C(=O)N[C@H](C(=O)O)C(C)C)cc1. The van der Waals surface area contributed by atoms with E-state index in [9.17, 15) is 9.59 Å². The molecular weight excluding hydrogens is 270 g/mol. The van der Waals surface area contributed by atoms with Crippen molar-refractivity contribution in [3.8, 4) is 5.75 Å². The van der Waals surface area contributed by atoms with E-state index in [-0.39, 0.29) is 17.7 Å². The van der Waals surface area contributed by atoms with Crippen molar-refractivity contribution in [2.24, 2.45) is 11.8 Å². The van der Waals surface area contributed by atoms with E-state index in [1.807, 2.05) is 24.3 Å². The van der Waals surface area contributed by atoms with E-state index in [4.69, 9.17) is 9.84 Å². The highest BCUT2D eigenvalue weighted by atomic mass is 16.5. The van der Waals surface area contributed by atoms with E-state index >= 15 is 0 Å². The molecule has 1 aromatic carbocycles. The molecule has 1 aromatic rings. The van der Waals surface area contributed by atoms with Gasteiger partial charge in [-0.3, -0.25) is 4.79 Å². The lowest BCUT2D eigenvalue weighted by Gasteiger charge is -2.20. The van der Waals surface area contributed by atoms with Crippen molar-refractivity contribution in [3.05, 3.63) is 29.8 Å². The molecule has 0 aliphatic carbocycles. The monoisotopic (exact) mass is 293 g/mol. The van der Waals surface area contributed by atoms with Crippen LogP contribution in [-0.4, -0.2) is 30.1 Å². The van der Waals surface area contributed by atoms with Gasteiger partial charge in [0.2, 0.25) is 5.91 Å². The molecule has 0 spiro atoms.